The molecule has 150 valence electrons. The third-order valence-corrected chi connectivity index (χ3v) is 5.07. The Hall–Kier alpha value is -2.68. The van der Waals surface area contributed by atoms with E-state index in [2.05, 4.69) is 59.8 Å². The van der Waals surface area contributed by atoms with E-state index in [1.54, 1.807) is 6.20 Å². The van der Waals surface area contributed by atoms with Crippen molar-refractivity contribution in [3.63, 3.8) is 0 Å². The lowest BCUT2D eigenvalue weighted by Gasteiger charge is -2.15. The van der Waals surface area contributed by atoms with Gasteiger partial charge in [0.1, 0.15) is 0 Å². The van der Waals surface area contributed by atoms with E-state index in [4.69, 9.17) is 12.2 Å². The molecule has 1 unspecified atom stereocenters. The van der Waals surface area contributed by atoms with Crippen LogP contribution in [0, 0.1) is 13.8 Å². The molecular weight excluding hydrogens is 372 g/mol. The summed E-state index contributed by atoms with van der Waals surface area (Å²) >= 11 is 5.47. The maximum atomic E-state index is 5.47. The zero-order valence-corrected chi connectivity index (χ0v) is 17.9. The van der Waals surface area contributed by atoms with Crippen LogP contribution in [0.25, 0.3) is 0 Å². The molecule has 0 aliphatic heterocycles. The summed E-state index contributed by atoms with van der Waals surface area (Å²) in [6, 6.07) is 0.0675. The van der Waals surface area contributed by atoms with Gasteiger partial charge in [-0.1, -0.05) is 0 Å². The molecule has 3 heterocycles. The first-order valence-corrected chi connectivity index (χ1v) is 9.97. The minimum atomic E-state index is 0.0675. The van der Waals surface area contributed by atoms with Crippen molar-refractivity contribution in [1.29, 1.82) is 0 Å². The molecule has 3 aromatic heterocycles. The van der Waals surface area contributed by atoms with Crippen molar-refractivity contribution in [3.8, 4) is 0 Å². The zero-order chi connectivity index (χ0) is 20.3. The molecule has 28 heavy (non-hydrogen) atoms. The van der Waals surface area contributed by atoms with Crippen LogP contribution >= 0.6 is 12.2 Å². The largest absolute Gasteiger partial charge is 0.356 e. The molecule has 0 aliphatic rings. The van der Waals surface area contributed by atoms with Gasteiger partial charge in [-0.05, 0) is 46.8 Å². The summed E-state index contributed by atoms with van der Waals surface area (Å²) in [5.74, 6) is 0. The molecule has 8 nitrogen and oxygen atoms in total. The number of thiocarbonyl (C=S) groups is 1. The second-order valence-corrected chi connectivity index (χ2v) is 7.25. The highest BCUT2D eigenvalue weighted by molar-refractivity contribution is 7.80. The molecule has 0 bridgehead atoms. The Morgan fingerprint density at radius 3 is 2.54 bits per heavy atom. The first kappa shape index (κ1) is 20.1. The molecule has 3 aromatic rings. The van der Waals surface area contributed by atoms with Crippen LogP contribution in [0.3, 0.4) is 0 Å². The van der Waals surface area contributed by atoms with Gasteiger partial charge in [0.05, 0.1) is 36.4 Å². The molecule has 0 fully saturated rings. The Labute approximate surface area is 170 Å². The first-order valence-electron chi connectivity index (χ1n) is 9.56. The van der Waals surface area contributed by atoms with Gasteiger partial charge in [-0.3, -0.25) is 14.0 Å². The van der Waals surface area contributed by atoms with Gasteiger partial charge in [0.2, 0.25) is 0 Å². The monoisotopic (exact) mass is 400 g/mol. The van der Waals surface area contributed by atoms with Crippen molar-refractivity contribution in [1.82, 2.24) is 34.7 Å². The van der Waals surface area contributed by atoms with Crippen molar-refractivity contribution < 1.29 is 0 Å². The first-order chi connectivity index (χ1) is 13.4. The third kappa shape index (κ3) is 4.41. The number of aryl methyl sites for hydroxylation is 3. The molecule has 0 radical (unpaired) electrons. The number of anilines is 1. The van der Waals surface area contributed by atoms with E-state index in [1.165, 1.54) is 5.69 Å². The van der Waals surface area contributed by atoms with E-state index < -0.39 is 0 Å². The van der Waals surface area contributed by atoms with Crippen molar-refractivity contribution in [2.45, 2.75) is 60.3 Å². The fraction of sp³-hybridized carbons (Fsp3) is 0.474. The molecule has 0 aliphatic carbocycles. The molecule has 0 spiro atoms. The fourth-order valence-corrected chi connectivity index (χ4v) is 3.50. The van der Waals surface area contributed by atoms with Crippen LogP contribution < -0.4 is 10.6 Å². The Bertz CT molecular complexity index is 951. The highest BCUT2D eigenvalue weighted by atomic mass is 32.1. The van der Waals surface area contributed by atoms with E-state index >= 15 is 0 Å². The summed E-state index contributed by atoms with van der Waals surface area (Å²) in [5, 5.41) is 20.4. The lowest BCUT2D eigenvalue weighted by molar-refractivity contribution is 0.633. The molecule has 0 amide bonds. The van der Waals surface area contributed by atoms with Crippen LogP contribution in [-0.2, 0) is 19.6 Å². The van der Waals surface area contributed by atoms with Crippen molar-refractivity contribution >= 4 is 23.0 Å². The summed E-state index contributed by atoms with van der Waals surface area (Å²) in [6.45, 7) is 12.7. The van der Waals surface area contributed by atoms with Gasteiger partial charge in [-0.15, -0.1) is 0 Å². The van der Waals surface area contributed by atoms with Gasteiger partial charge < -0.3 is 10.6 Å². The van der Waals surface area contributed by atoms with Gasteiger partial charge in [-0.25, -0.2) is 0 Å². The Morgan fingerprint density at radius 1 is 1.11 bits per heavy atom. The SMILES string of the molecule is CCn1cc(C(C)NC(=S)Nc2cnn(Cc3cnn(CC)c3C)c2)c(C)n1. The van der Waals surface area contributed by atoms with Crippen LogP contribution in [0.4, 0.5) is 5.69 Å². The maximum absolute atomic E-state index is 5.47. The summed E-state index contributed by atoms with van der Waals surface area (Å²) in [5.41, 5.74) is 5.34. The maximum Gasteiger partial charge on any atom is 0.171 e. The summed E-state index contributed by atoms with van der Waals surface area (Å²) in [4.78, 5) is 0. The lowest BCUT2D eigenvalue weighted by Crippen LogP contribution is -2.30. The highest BCUT2D eigenvalue weighted by Gasteiger charge is 2.14. The molecule has 0 saturated heterocycles. The number of hydrogen-bond acceptors (Lipinski definition) is 4. The van der Waals surface area contributed by atoms with Crippen LogP contribution in [0.5, 0.6) is 0 Å². The van der Waals surface area contributed by atoms with Gasteiger partial charge in [0, 0.05) is 42.3 Å². The average Bonchev–Trinajstić information content (AvgIpc) is 3.35. The standard InChI is InChI=1S/C19H28N8S/c1-6-25-12-18(14(4)24-25)13(3)22-19(28)23-17-9-20-26(11-17)10-16-8-21-27(7-2)15(16)5/h8-9,11-13H,6-7,10H2,1-5H3,(H2,22,23,28). The number of nitrogens with one attached hydrogen (secondary N) is 2. The normalized spacial score (nSPS) is 12.2. The van der Waals surface area contributed by atoms with Crippen molar-refractivity contribution in [3.05, 3.63) is 47.3 Å². The number of rotatable bonds is 7. The van der Waals surface area contributed by atoms with Gasteiger partial charge >= 0.3 is 0 Å². The number of hydrogen-bond donors (Lipinski definition) is 2. The highest BCUT2D eigenvalue weighted by Crippen LogP contribution is 2.17. The van der Waals surface area contributed by atoms with Crippen LogP contribution in [0.1, 0.15) is 49.3 Å². The van der Waals surface area contributed by atoms with E-state index in [0.717, 1.165) is 35.6 Å². The van der Waals surface area contributed by atoms with Crippen molar-refractivity contribution in [2.75, 3.05) is 5.32 Å². The predicted molar refractivity (Wildman–Crippen MR) is 114 cm³/mol. The second-order valence-electron chi connectivity index (χ2n) is 6.84. The molecule has 2 N–H and O–H groups in total. The van der Waals surface area contributed by atoms with E-state index in [9.17, 15) is 0 Å². The molecule has 9 heteroatoms. The Kier molecular flexibility index (Phi) is 6.13. The number of nitrogens with zero attached hydrogens (tertiary/aromatic N) is 6. The fourth-order valence-electron chi connectivity index (χ4n) is 3.21. The Morgan fingerprint density at radius 2 is 1.89 bits per heavy atom. The molecular formula is C19H28N8S. The smallest absolute Gasteiger partial charge is 0.171 e. The van der Waals surface area contributed by atoms with Crippen LogP contribution in [0.2, 0.25) is 0 Å². The summed E-state index contributed by atoms with van der Waals surface area (Å²) in [6.07, 6.45) is 7.69. The molecule has 0 aromatic carbocycles. The van der Waals surface area contributed by atoms with E-state index in [1.807, 2.05) is 33.4 Å². The second kappa shape index (κ2) is 8.55. The third-order valence-electron chi connectivity index (χ3n) is 4.85. The minimum Gasteiger partial charge on any atom is -0.356 e. The van der Waals surface area contributed by atoms with E-state index in [0.29, 0.717) is 11.7 Å². The average molecular weight is 401 g/mol. The Balaban J connectivity index is 1.58. The van der Waals surface area contributed by atoms with Gasteiger partial charge in [-0.2, -0.15) is 15.3 Å². The summed E-state index contributed by atoms with van der Waals surface area (Å²) < 4.78 is 5.81. The minimum absolute atomic E-state index is 0.0675. The molecule has 1 atom stereocenters. The molecule has 0 saturated carbocycles. The topological polar surface area (TPSA) is 77.5 Å². The van der Waals surface area contributed by atoms with Crippen LogP contribution in [0.15, 0.2) is 24.8 Å². The van der Waals surface area contributed by atoms with E-state index in [-0.39, 0.29) is 6.04 Å². The van der Waals surface area contributed by atoms with Crippen LogP contribution in [-0.4, -0.2) is 34.5 Å². The predicted octanol–water partition coefficient (Wildman–Crippen LogP) is 3.03. The zero-order valence-electron chi connectivity index (χ0n) is 17.1. The lowest BCUT2D eigenvalue weighted by atomic mass is 10.1. The van der Waals surface area contributed by atoms with Crippen molar-refractivity contribution in [2.24, 2.45) is 0 Å². The molecule has 3 rings (SSSR count). The number of aromatic nitrogens is 6. The summed E-state index contributed by atoms with van der Waals surface area (Å²) in [7, 11) is 0. The van der Waals surface area contributed by atoms with Gasteiger partial charge in [0.15, 0.2) is 5.11 Å². The van der Waals surface area contributed by atoms with Gasteiger partial charge in [0.25, 0.3) is 0 Å². The quantitative estimate of drug-likeness (QED) is 0.594.